The van der Waals surface area contributed by atoms with Crippen LogP contribution in [0.4, 0.5) is 17.6 Å². The summed E-state index contributed by atoms with van der Waals surface area (Å²) in [5, 5.41) is 8.59. The molecule has 1 amide bonds. The van der Waals surface area contributed by atoms with Crippen molar-refractivity contribution in [3.63, 3.8) is 0 Å². The van der Waals surface area contributed by atoms with Crippen LogP contribution in [-0.4, -0.2) is 23.9 Å². The van der Waals surface area contributed by atoms with E-state index in [-0.39, 0.29) is 13.1 Å². The van der Waals surface area contributed by atoms with Crippen LogP contribution in [0, 0.1) is 17.1 Å². The Morgan fingerprint density at radius 2 is 2.05 bits per heavy atom. The SMILES string of the molecule is CCCN(CC#N)C(=O)c1cc(C(F)(F)F)ccc1F. The first kappa shape index (κ1) is 16.0. The molecule has 0 saturated carbocycles. The Morgan fingerprint density at radius 1 is 1.40 bits per heavy atom. The zero-order valence-electron chi connectivity index (χ0n) is 10.7. The molecule has 0 atom stereocenters. The maximum absolute atomic E-state index is 13.6. The Labute approximate surface area is 113 Å². The molecule has 1 aromatic carbocycles. The van der Waals surface area contributed by atoms with E-state index < -0.39 is 29.0 Å². The predicted octanol–water partition coefficient (Wildman–Crippen LogP) is 3.22. The fourth-order valence-electron chi connectivity index (χ4n) is 1.64. The molecule has 1 aromatic rings. The lowest BCUT2D eigenvalue weighted by Crippen LogP contribution is -2.33. The second-order valence-electron chi connectivity index (χ2n) is 4.08. The maximum atomic E-state index is 13.6. The van der Waals surface area contributed by atoms with Crippen molar-refractivity contribution in [1.82, 2.24) is 4.90 Å². The third kappa shape index (κ3) is 3.70. The predicted molar refractivity (Wildman–Crippen MR) is 63.2 cm³/mol. The number of benzene rings is 1. The lowest BCUT2D eigenvalue weighted by molar-refractivity contribution is -0.137. The highest BCUT2D eigenvalue weighted by atomic mass is 19.4. The third-order valence-electron chi connectivity index (χ3n) is 2.57. The topological polar surface area (TPSA) is 44.1 Å². The Morgan fingerprint density at radius 3 is 2.55 bits per heavy atom. The molecule has 0 aromatic heterocycles. The zero-order valence-corrected chi connectivity index (χ0v) is 10.7. The van der Waals surface area contributed by atoms with Crippen LogP contribution in [0.25, 0.3) is 0 Å². The molecule has 20 heavy (non-hydrogen) atoms. The molecule has 108 valence electrons. The van der Waals surface area contributed by atoms with Crippen molar-refractivity contribution in [3.8, 4) is 6.07 Å². The van der Waals surface area contributed by atoms with Gasteiger partial charge in [0.15, 0.2) is 0 Å². The van der Waals surface area contributed by atoms with Crippen molar-refractivity contribution in [1.29, 1.82) is 5.26 Å². The first-order valence-corrected chi connectivity index (χ1v) is 5.84. The molecular formula is C13H12F4N2O. The minimum atomic E-state index is -4.66. The van der Waals surface area contributed by atoms with Gasteiger partial charge >= 0.3 is 6.18 Å². The molecule has 0 saturated heterocycles. The van der Waals surface area contributed by atoms with E-state index in [1.165, 1.54) is 0 Å². The van der Waals surface area contributed by atoms with Crippen LogP contribution in [0.2, 0.25) is 0 Å². The molecule has 1 rings (SSSR count). The number of nitrogens with zero attached hydrogens (tertiary/aromatic N) is 2. The van der Waals surface area contributed by atoms with Crippen molar-refractivity contribution >= 4 is 5.91 Å². The van der Waals surface area contributed by atoms with E-state index in [0.29, 0.717) is 24.6 Å². The van der Waals surface area contributed by atoms with Gasteiger partial charge in [-0.1, -0.05) is 6.92 Å². The van der Waals surface area contributed by atoms with E-state index in [2.05, 4.69) is 0 Å². The number of hydrogen-bond donors (Lipinski definition) is 0. The quantitative estimate of drug-likeness (QED) is 0.630. The Balaban J connectivity index is 3.17. The fraction of sp³-hybridized carbons (Fsp3) is 0.385. The second-order valence-corrected chi connectivity index (χ2v) is 4.08. The Hall–Kier alpha value is -2.10. The van der Waals surface area contributed by atoms with E-state index in [4.69, 9.17) is 5.26 Å². The van der Waals surface area contributed by atoms with Crippen molar-refractivity contribution < 1.29 is 22.4 Å². The highest BCUT2D eigenvalue weighted by Crippen LogP contribution is 2.30. The summed E-state index contributed by atoms with van der Waals surface area (Å²) in [4.78, 5) is 13.0. The van der Waals surface area contributed by atoms with E-state index in [9.17, 15) is 22.4 Å². The molecule has 0 fully saturated rings. The van der Waals surface area contributed by atoms with Gasteiger partial charge in [-0.25, -0.2) is 4.39 Å². The molecule has 0 heterocycles. The molecule has 0 aliphatic heterocycles. The number of carbonyl (C=O) groups excluding carboxylic acids is 1. The largest absolute Gasteiger partial charge is 0.416 e. The number of hydrogen-bond acceptors (Lipinski definition) is 2. The number of amides is 1. The van der Waals surface area contributed by atoms with Gasteiger partial charge in [0, 0.05) is 6.54 Å². The van der Waals surface area contributed by atoms with Crippen molar-refractivity contribution in [2.24, 2.45) is 0 Å². The highest BCUT2D eigenvalue weighted by molar-refractivity contribution is 5.94. The summed E-state index contributed by atoms with van der Waals surface area (Å²) < 4.78 is 51.2. The number of carbonyl (C=O) groups is 1. The normalized spacial score (nSPS) is 11.0. The van der Waals surface area contributed by atoms with Gasteiger partial charge in [-0.05, 0) is 24.6 Å². The lowest BCUT2D eigenvalue weighted by Gasteiger charge is -2.19. The van der Waals surface area contributed by atoms with Gasteiger partial charge in [-0.2, -0.15) is 18.4 Å². The zero-order chi connectivity index (χ0) is 15.3. The summed E-state index contributed by atoms with van der Waals surface area (Å²) in [7, 11) is 0. The number of halogens is 4. The lowest BCUT2D eigenvalue weighted by atomic mass is 10.1. The van der Waals surface area contributed by atoms with Gasteiger partial charge in [0.05, 0.1) is 17.2 Å². The average Bonchev–Trinajstić information content (AvgIpc) is 2.37. The second kappa shape index (κ2) is 6.37. The summed E-state index contributed by atoms with van der Waals surface area (Å²) >= 11 is 0. The maximum Gasteiger partial charge on any atom is 0.416 e. The van der Waals surface area contributed by atoms with Crippen LogP contribution < -0.4 is 0 Å². The monoisotopic (exact) mass is 288 g/mol. The Kier molecular flexibility index (Phi) is 5.08. The van der Waals surface area contributed by atoms with Gasteiger partial charge in [-0.3, -0.25) is 4.79 Å². The molecular weight excluding hydrogens is 276 g/mol. The van der Waals surface area contributed by atoms with Crippen molar-refractivity contribution in [2.45, 2.75) is 19.5 Å². The summed E-state index contributed by atoms with van der Waals surface area (Å²) in [6, 6.07) is 3.37. The summed E-state index contributed by atoms with van der Waals surface area (Å²) in [5.74, 6) is -1.96. The molecule has 7 heteroatoms. The third-order valence-corrected chi connectivity index (χ3v) is 2.57. The van der Waals surface area contributed by atoms with E-state index in [1.807, 2.05) is 0 Å². The molecule has 0 radical (unpaired) electrons. The highest BCUT2D eigenvalue weighted by Gasteiger charge is 2.32. The van der Waals surface area contributed by atoms with Crippen LogP contribution in [0.3, 0.4) is 0 Å². The summed E-state index contributed by atoms with van der Waals surface area (Å²) in [5.41, 5.74) is -1.78. The van der Waals surface area contributed by atoms with E-state index >= 15 is 0 Å². The number of alkyl halides is 3. The van der Waals surface area contributed by atoms with Crippen LogP contribution in [0.1, 0.15) is 29.3 Å². The number of rotatable bonds is 4. The van der Waals surface area contributed by atoms with Gasteiger partial charge in [-0.15, -0.1) is 0 Å². The smallest absolute Gasteiger partial charge is 0.325 e. The fourth-order valence-corrected chi connectivity index (χ4v) is 1.64. The van der Waals surface area contributed by atoms with Crippen LogP contribution >= 0.6 is 0 Å². The van der Waals surface area contributed by atoms with Crippen molar-refractivity contribution in [2.75, 3.05) is 13.1 Å². The first-order valence-electron chi connectivity index (χ1n) is 5.84. The van der Waals surface area contributed by atoms with Crippen molar-refractivity contribution in [3.05, 3.63) is 35.1 Å². The standard InChI is InChI=1S/C13H12F4N2O/c1-2-6-19(7-5-18)12(20)10-8-9(13(15,16)17)3-4-11(10)14/h3-4,8H,2,6-7H2,1H3. The van der Waals surface area contributed by atoms with Gasteiger partial charge in [0.1, 0.15) is 12.4 Å². The van der Waals surface area contributed by atoms with Crippen LogP contribution in [0.5, 0.6) is 0 Å². The summed E-state index contributed by atoms with van der Waals surface area (Å²) in [6.45, 7) is 1.60. The Bertz CT molecular complexity index is 534. The van der Waals surface area contributed by atoms with Crippen LogP contribution in [0.15, 0.2) is 18.2 Å². The molecule has 0 N–H and O–H groups in total. The molecule has 3 nitrogen and oxygen atoms in total. The minimum absolute atomic E-state index is 0.169. The van der Waals surface area contributed by atoms with Gasteiger partial charge in [0.25, 0.3) is 5.91 Å². The first-order chi connectivity index (χ1) is 9.31. The van der Waals surface area contributed by atoms with E-state index in [1.54, 1.807) is 13.0 Å². The average molecular weight is 288 g/mol. The van der Waals surface area contributed by atoms with E-state index in [0.717, 1.165) is 4.90 Å². The molecule has 0 unspecified atom stereocenters. The number of nitriles is 1. The van der Waals surface area contributed by atoms with Crippen LogP contribution in [-0.2, 0) is 6.18 Å². The summed E-state index contributed by atoms with van der Waals surface area (Å²) in [6.07, 6.45) is -4.15. The molecule has 0 bridgehead atoms. The molecule has 0 spiro atoms. The molecule has 0 aliphatic carbocycles. The minimum Gasteiger partial charge on any atom is -0.325 e. The van der Waals surface area contributed by atoms with Gasteiger partial charge in [0.2, 0.25) is 0 Å². The van der Waals surface area contributed by atoms with Gasteiger partial charge < -0.3 is 4.90 Å². The molecule has 0 aliphatic rings.